The van der Waals surface area contributed by atoms with Crippen molar-refractivity contribution >= 4 is 11.8 Å². The van der Waals surface area contributed by atoms with Crippen molar-refractivity contribution in [3.63, 3.8) is 0 Å². The fourth-order valence-electron chi connectivity index (χ4n) is 2.39. The second-order valence-corrected chi connectivity index (χ2v) is 6.85. The van der Waals surface area contributed by atoms with Gasteiger partial charge in [-0.1, -0.05) is 20.8 Å². The summed E-state index contributed by atoms with van der Waals surface area (Å²) < 4.78 is 5.20. The van der Waals surface area contributed by atoms with Gasteiger partial charge in [0.05, 0.1) is 12.1 Å². The average Bonchev–Trinajstić information content (AvgIpc) is 2.37. The van der Waals surface area contributed by atoms with Gasteiger partial charge in [0.2, 0.25) is 11.8 Å². The third kappa shape index (κ3) is 3.69. The fourth-order valence-corrected chi connectivity index (χ4v) is 2.39. The van der Waals surface area contributed by atoms with Gasteiger partial charge in [-0.25, -0.2) is 0 Å². The van der Waals surface area contributed by atoms with E-state index in [2.05, 4.69) is 5.32 Å². The fraction of sp³-hybridized carbons (Fsp3) is 0.857. The molecule has 1 saturated heterocycles. The molecule has 1 fully saturated rings. The van der Waals surface area contributed by atoms with E-state index in [1.807, 2.05) is 34.6 Å². The van der Waals surface area contributed by atoms with Crippen LogP contribution in [0.5, 0.6) is 0 Å². The maximum absolute atomic E-state index is 12.7. The van der Waals surface area contributed by atoms with Crippen molar-refractivity contribution in [1.29, 1.82) is 0 Å². The van der Waals surface area contributed by atoms with E-state index < -0.39 is 11.6 Å². The largest absolute Gasteiger partial charge is 0.382 e. The molecule has 0 bridgehead atoms. The Labute approximate surface area is 115 Å². The number of carbonyl (C=O) groups is 2. The summed E-state index contributed by atoms with van der Waals surface area (Å²) in [5.41, 5.74) is -0.722. The van der Waals surface area contributed by atoms with Crippen LogP contribution in [0, 0.1) is 5.41 Å². The lowest BCUT2D eigenvalue weighted by molar-refractivity contribution is -0.142. The molecule has 0 radical (unpaired) electrons. The molecular formula is C14H26N2O3. The van der Waals surface area contributed by atoms with Gasteiger partial charge >= 0.3 is 0 Å². The first-order chi connectivity index (χ1) is 8.59. The van der Waals surface area contributed by atoms with Gasteiger partial charge in [0.1, 0.15) is 6.04 Å². The Morgan fingerprint density at radius 1 is 1.26 bits per heavy atom. The Hall–Kier alpha value is -1.10. The lowest BCUT2D eigenvalue weighted by Gasteiger charge is -2.40. The van der Waals surface area contributed by atoms with Crippen molar-refractivity contribution in [2.24, 2.45) is 5.41 Å². The summed E-state index contributed by atoms with van der Waals surface area (Å²) in [7, 11) is 1.62. The van der Waals surface area contributed by atoms with Gasteiger partial charge in [0.25, 0.3) is 0 Å². The number of ether oxygens (including phenoxy) is 1. The van der Waals surface area contributed by atoms with Crippen molar-refractivity contribution in [2.45, 2.75) is 52.6 Å². The van der Waals surface area contributed by atoms with E-state index in [4.69, 9.17) is 4.74 Å². The lowest BCUT2D eigenvalue weighted by Crippen LogP contribution is -2.58. The van der Waals surface area contributed by atoms with Crippen molar-refractivity contribution in [2.75, 3.05) is 20.3 Å². The van der Waals surface area contributed by atoms with Crippen LogP contribution in [0.25, 0.3) is 0 Å². The van der Waals surface area contributed by atoms with E-state index in [9.17, 15) is 9.59 Å². The normalized spacial score (nSPS) is 22.2. The first kappa shape index (κ1) is 16.0. The number of carbonyl (C=O) groups excluding carboxylic acids is 2. The van der Waals surface area contributed by atoms with Gasteiger partial charge in [-0.15, -0.1) is 0 Å². The van der Waals surface area contributed by atoms with Gasteiger partial charge in [-0.3, -0.25) is 9.59 Å². The molecule has 0 aromatic rings. The number of amides is 2. The molecule has 0 aromatic heterocycles. The molecule has 0 aliphatic carbocycles. The summed E-state index contributed by atoms with van der Waals surface area (Å²) in [6, 6.07) is -0.487. The Morgan fingerprint density at radius 2 is 1.84 bits per heavy atom. The maximum atomic E-state index is 12.7. The quantitative estimate of drug-likeness (QED) is 0.837. The standard InChI is InChI=1S/C14H26N2O3/c1-13(2,3)11-12(18)16(8-7-10(17)15-11)14(4,5)9-19-6/h11H,7-9H2,1-6H3,(H,15,17). The topological polar surface area (TPSA) is 58.6 Å². The molecule has 5 heteroatoms. The maximum Gasteiger partial charge on any atom is 0.246 e. The zero-order valence-electron chi connectivity index (χ0n) is 12.9. The molecule has 1 heterocycles. The number of hydrogen-bond acceptors (Lipinski definition) is 3. The molecule has 5 nitrogen and oxygen atoms in total. The van der Waals surface area contributed by atoms with Crippen molar-refractivity contribution < 1.29 is 14.3 Å². The Kier molecular flexibility index (Phi) is 4.61. The van der Waals surface area contributed by atoms with E-state index in [1.54, 1.807) is 12.0 Å². The molecule has 1 atom stereocenters. The van der Waals surface area contributed by atoms with Crippen LogP contribution in [0.15, 0.2) is 0 Å². The van der Waals surface area contributed by atoms with Crippen molar-refractivity contribution in [1.82, 2.24) is 10.2 Å². The third-order valence-electron chi connectivity index (χ3n) is 3.48. The highest BCUT2D eigenvalue weighted by atomic mass is 16.5. The molecule has 0 saturated carbocycles. The first-order valence-electron chi connectivity index (χ1n) is 6.69. The Balaban J connectivity index is 3.06. The summed E-state index contributed by atoms with van der Waals surface area (Å²) >= 11 is 0. The second kappa shape index (κ2) is 5.49. The zero-order valence-corrected chi connectivity index (χ0v) is 12.9. The summed E-state index contributed by atoms with van der Waals surface area (Å²) in [5, 5.41) is 2.84. The lowest BCUT2D eigenvalue weighted by atomic mass is 9.85. The van der Waals surface area contributed by atoms with Crippen LogP contribution in [-0.2, 0) is 14.3 Å². The minimum absolute atomic E-state index is 0.0274. The molecule has 2 amide bonds. The number of nitrogens with zero attached hydrogens (tertiary/aromatic N) is 1. The monoisotopic (exact) mass is 270 g/mol. The van der Waals surface area contributed by atoms with Crippen molar-refractivity contribution in [3.8, 4) is 0 Å². The van der Waals surface area contributed by atoms with Gasteiger partial charge < -0.3 is 15.0 Å². The number of hydrogen-bond donors (Lipinski definition) is 1. The van der Waals surface area contributed by atoms with Crippen molar-refractivity contribution in [3.05, 3.63) is 0 Å². The molecule has 1 rings (SSSR count). The van der Waals surface area contributed by atoms with Crippen LogP contribution in [0.4, 0.5) is 0 Å². The molecule has 1 N–H and O–H groups in total. The highest BCUT2D eigenvalue weighted by molar-refractivity contribution is 5.91. The zero-order chi connectivity index (χ0) is 14.8. The van der Waals surface area contributed by atoms with E-state index in [-0.39, 0.29) is 17.2 Å². The van der Waals surface area contributed by atoms with E-state index in [0.29, 0.717) is 19.6 Å². The van der Waals surface area contributed by atoms with E-state index in [0.717, 1.165) is 0 Å². The van der Waals surface area contributed by atoms with E-state index >= 15 is 0 Å². The van der Waals surface area contributed by atoms with Crippen LogP contribution in [-0.4, -0.2) is 48.6 Å². The molecule has 1 unspecified atom stereocenters. The van der Waals surface area contributed by atoms with E-state index in [1.165, 1.54) is 0 Å². The smallest absolute Gasteiger partial charge is 0.246 e. The molecule has 110 valence electrons. The molecule has 1 aliphatic rings. The number of rotatable bonds is 3. The summed E-state index contributed by atoms with van der Waals surface area (Å²) in [5.74, 6) is -0.0932. The minimum atomic E-state index is -0.487. The van der Waals surface area contributed by atoms with Gasteiger partial charge in [-0.2, -0.15) is 0 Å². The van der Waals surface area contributed by atoms with Crippen LogP contribution in [0.3, 0.4) is 0 Å². The van der Waals surface area contributed by atoms with Crippen LogP contribution >= 0.6 is 0 Å². The predicted molar refractivity (Wildman–Crippen MR) is 73.7 cm³/mol. The summed E-state index contributed by atoms with van der Waals surface area (Å²) in [6.07, 6.45) is 0.339. The average molecular weight is 270 g/mol. The number of nitrogens with one attached hydrogen (secondary N) is 1. The third-order valence-corrected chi connectivity index (χ3v) is 3.48. The SMILES string of the molecule is COCC(C)(C)N1CCC(=O)NC(C(C)(C)C)C1=O. The summed E-state index contributed by atoms with van der Waals surface area (Å²) in [6.45, 7) is 10.7. The highest BCUT2D eigenvalue weighted by Crippen LogP contribution is 2.26. The summed E-state index contributed by atoms with van der Waals surface area (Å²) in [4.78, 5) is 26.3. The first-order valence-corrected chi connectivity index (χ1v) is 6.69. The Morgan fingerprint density at radius 3 is 2.32 bits per heavy atom. The van der Waals surface area contributed by atoms with Crippen LogP contribution in [0.2, 0.25) is 0 Å². The van der Waals surface area contributed by atoms with Gasteiger partial charge in [0, 0.05) is 20.1 Å². The minimum Gasteiger partial charge on any atom is -0.382 e. The second-order valence-electron chi connectivity index (χ2n) is 6.85. The molecule has 19 heavy (non-hydrogen) atoms. The van der Waals surface area contributed by atoms with Crippen LogP contribution in [0.1, 0.15) is 41.0 Å². The molecular weight excluding hydrogens is 244 g/mol. The van der Waals surface area contributed by atoms with Gasteiger partial charge in [-0.05, 0) is 19.3 Å². The molecule has 0 aromatic carbocycles. The molecule has 0 spiro atoms. The Bertz CT molecular complexity index is 358. The predicted octanol–water partition coefficient (Wildman–Crippen LogP) is 1.17. The highest BCUT2D eigenvalue weighted by Gasteiger charge is 2.42. The van der Waals surface area contributed by atoms with Gasteiger partial charge in [0.15, 0.2) is 0 Å². The molecule has 1 aliphatic heterocycles. The van der Waals surface area contributed by atoms with Crippen LogP contribution < -0.4 is 5.32 Å². The number of methoxy groups -OCH3 is 1.